The van der Waals surface area contributed by atoms with Crippen LogP contribution in [0.25, 0.3) is 0 Å². The molecule has 7 unspecified atom stereocenters. The molecule has 1 heterocycles. The predicted molar refractivity (Wildman–Crippen MR) is 341 cm³/mol. The van der Waals surface area contributed by atoms with Gasteiger partial charge < -0.3 is 40.3 Å². The second-order valence-corrected chi connectivity index (χ2v) is 25.0. The van der Waals surface area contributed by atoms with Crippen molar-refractivity contribution in [2.75, 3.05) is 13.2 Å². The Morgan fingerprint density at radius 1 is 0.425 bits per heavy atom. The Balaban J connectivity index is 2.10. The van der Waals surface area contributed by atoms with E-state index in [1.807, 2.05) is 0 Å². The highest BCUT2D eigenvalue weighted by atomic mass is 16.7. The number of carbonyl (C=O) groups is 1. The number of aliphatic hydroxyl groups excluding tert-OH is 5. The Bertz CT molecular complexity index is 1310. The third-order valence-electron chi connectivity index (χ3n) is 17.3. The average molecular weight is 1130 g/mol. The van der Waals surface area contributed by atoms with Gasteiger partial charge in [-0.25, -0.2) is 0 Å². The van der Waals surface area contributed by atoms with E-state index in [9.17, 15) is 30.3 Å². The van der Waals surface area contributed by atoms with E-state index >= 15 is 0 Å². The van der Waals surface area contributed by atoms with Gasteiger partial charge in [-0.15, -0.1) is 0 Å². The van der Waals surface area contributed by atoms with Crippen LogP contribution >= 0.6 is 0 Å². The minimum atomic E-state index is -1.55. The molecule has 0 saturated carbocycles. The first-order chi connectivity index (χ1) is 39.3. The van der Waals surface area contributed by atoms with E-state index in [0.29, 0.717) is 12.8 Å². The van der Waals surface area contributed by atoms with Crippen molar-refractivity contribution in [1.29, 1.82) is 0 Å². The van der Waals surface area contributed by atoms with Crippen LogP contribution in [0.2, 0.25) is 0 Å². The molecule has 0 spiro atoms. The van der Waals surface area contributed by atoms with Crippen LogP contribution in [0.4, 0.5) is 0 Å². The smallest absolute Gasteiger partial charge is 0.220 e. The van der Waals surface area contributed by atoms with E-state index in [1.165, 1.54) is 295 Å². The van der Waals surface area contributed by atoms with Crippen LogP contribution in [-0.2, 0) is 14.3 Å². The van der Waals surface area contributed by atoms with Gasteiger partial charge in [0, 0.05) is 6.42 Å². The number of allylic oxidation sites excluding steroid dienone is 4. The second-order valence-electron chi connectivity index (χ2n) is 25.0. The highest BCUT2D eigenvalue weighted by Gasteiger charge is 2.44. The van der Waals surface area contributed by atoms with Gasteiger partial charge in [0.25, 0.3) is 0 Å². The number of nitrogens with one attached hydrogen (secondary N) is 1. The van der Waals surface area contributed by atoms with Crippen molar-refractivity contribution in [3.05, 3.63) is 24.3 Å². The van der Waals surface area contributed by atoms with Crippen molar-refractivity contribution in [1.82, 2.24) is 5.32 Å². The number of hydrogen-bond acceptors (Lipinski definition) is 8. The molecule has 1 aliphatic rings. The summed E-state index contributed by atoms with van der Waals surface area (Å²) in [4.78, 5) is 13.1. The van der Waals surface area contributed by atoms with Gasteiger partial charge >= 0.3 is 0 Å². The highest BCUT2D eigenvalue weighted by Crippen LogP contribution is 2.24. The third kappa shape index (κ3) is 49.0. The molecule has 0 bridgehead atoms. The first-order valence-electron chi connectivity index (χ1n) is 35.5. The van der Waals surface area contributed by atoms with Crippen molar-refractivity contribution >= 4 is 5.91 Å². The molecule has 9 nitrogen and oxygen atoms in total. The third-order valence-corrected chi connectivity index (χ3v) is 17.3. The Morgan fingerprint density at radius 3 is 1.07 bits per heavy atom. The SMILES string of the molecule is CCCCCCC/C=C\C/C=C\CCCCCCCCCCCCCCCC(=O)NC(COC1OC(CO)C(O)C(O)C1O)C(O)CCCCCCCCCCCCCCCCCCCCCCCCCCCCCCCCCC. The lowest BCUT2D eigenvalue weighted by Crippen LogP contribution is -2.60. The quantitative estimate of drug-likeness (QED) is 0.0261. The summed E-state index contributed by atoms with van der Waals surface area (Å²) in [6.07, 6.45) is 72.5. The van der Waals surface area contributed by atoms with Crippen molar-refractivity contribution in [3.8, 4) is 0 Å². The van der Waals surface area contributed by atoms with Crippen molar-refractivity contribution in [3.63, 3.8) is 0 Å². The minimum Gasteiger partial charge on any atom is -0.394 e. The van der Waals surface area contributed by atoms with E-state index < -0.39 is 49.5 Å². The van der Waals surface area contributed by atoms with Gasteiger partial charge in [-0.2, -0.15) is 0 Å². The molecule has 0 aromatic heterocycles. The van der Waals surface area contributed by atoms with E-state index in [1.54, 1.807) is 0 Å². The summed E-state index contributed by atoms with van der Waals surface area (Å²) in [6, 6.07) is -0.720. The summed E-state index contributed by atoms with van der Waals surface area (Å²) < 4.78 is 11.4. The zero-order valence-corrected chi connectivity index (χ0v) is 53.1. The van der Waals surface area contributed by atoms with Crippen LogP contribution in [0.5, 0.6) is 0 Å². The first-order valence-corrected chi connectivity index (χ1v) is 35.5. The standard InChI is InChI=1S/C71H137NO8/c1-3-5-7-9-11-13-15-17-19-21-23-25-27-29-30-31-32-33-34-35-37-38-40-42-44-46-48-50-52-54-56-58-60-65(74)64(63-79-71-70(78)69(77)68(76)66(62-73)80-71)72-67(75)61-59-57-55-53-51-49-47-45-43-41-39-36-28-26-24-22-20-18-16-14-12-10-8-6-4-2/h16,18,22,24,64-66,68-71,73-74,76-78H,3-15,17,19-21,23,25-63H2,1-2H3,(H,72,75)/b18-16-,24-22-. The maximum Gasteiger partial charge on any atom is 0.220 e. The average Bonchev–Trinajstić information content (AvgIpc) is 3.46. The molecule has 0 aromatic carbocycles. The number of carbonyl (C=O) groups excluding carboxylic acids is 1. The zero-order chi connectivity index (χ0) is 57.9. The van der Waals surface area contributed by atoms with Gasteiger partial charge in [0.2, 0.25) is 5.91 Å². The van der Waals surface area contributed by atoms with Crippen molar-refractivity contribution in [2.24, 2.45) is 0 Å². The second kappa shape index (κ2) is 60.8. The van der Waals surface area contributed by atoms with Gasteiger partial charge in [0.1, 0.15) is 24.4 Å². The van der Waals surface area contributed by atoms with E-state index in [-0.39, 0.29) is 12.5 Å². The Hall–Kier alpha value is -1.33. The molecule has 1 fully saturated rings. The summed E-state index contributed by atoms with van der Waals surface area (Å²) in [5.74, 6) is -0.138. The van der Waals surface area contributed by atoms with Gasteiger partial charge in [0.05, 0.1) is 25.4 Å². The van der Waals surface area contributed by atoms with Crippen LogP contribution < -0.4 is 5.32 Å². The molecule has 0 aromatic rings. The largest absolute Gasteiger partial charge is 0.394 e. The molecule has 0 aliphatic carbocycles. The van der Waals surface area contributed by atoms with Crippen molar-refractivity contribution in [2.45, 2.75) is 410 Å². The number of hydrogen-bond donors (Lipinski definition) is 6. The summed E-state index contributed by atoms with van der Waals surface area (Å²) in [7, 11) is 0. The van der Waals surface area contributed by atoms with Crippen molar-refractivity contribution < 1.29 is 39.8 Å². The van der Waals surface area contributed by atoms with Gasteiger partial charge in [0.15, 0.2) is 6.29 Å². The summed E-state index contributed by atoms with van der Waals surface area (Å²) in [6.45, 7) is 3.88. The van der Waals surface area contributed by atoms with Gasteiger partial charge in [-0.3, -0.25) is 4.79 Å². The Kier molecular flexibility index (Phi) is 58.3. The monoisotopic (exact) mass is 1130 g/mol. The molecule has 1 aliphatic heterocycles. The minimum absolute atomic E-state index is 0.134. The molecule has 1 rings (SSSR count). The van der Waals surface area contributed by atoms with Crippen LogP contribution in [-0.4, -0.2) is 87.5 Å². The van der Waals surface area contributed by atoms with Crippen LogP contribution in [0, 0.1) is 0 Å². The fraction of sp³-hybridized carbons (Fsp3) is 0.930. The number of aliphatic hydroxyl groups is 5. The number of unbranched alkanes of at least 4 members (excludes halogenated alkanes) is 49. The lowest BCUT2D eigenvalue weighted by Gasteiger charge is -2.40. The van der Waals surface area contributed by atoms with E-state index in [2.05, 4.69) is 43.5 Å². The fourth-order valence-electron chi connectivity index (χ4n) is 11.7. The molecule has 6 N–H and O–H groups in total. The Labute approximate surface area is 496 Å². The molecule has 7 atom stereocenters. The van der Waals surface area contributed by atoms with E-state index in [4.69, 9.17) is 9.47 Å². The lowest BCUT2D eigenvalue weighted by atomic mass is 9.99. The Morgan fingerprint density at radius 2 is 0.738 bits per heavy atom. The number of amides is 1. The maximum atomic E-state index is 13.1. The van der Waals surface area contributed by atoms with Crippen LogP contribution in [0.1, 0.15) is 367 Å². The predicted octanol–water partition coefficient (Wildman–Crippen LogP) is 19.3. The van der Waals surface area contributed by atoms with E-state index in [0.717, 1.165) is 44.9 Å². The zero-order valence-electron chi connectivity index (χ0n) is 53.1. The lowest BCUT2D eigenvalue weighted by molar-refractivity contribution is -0.302. The molecule has 9 heteroatoms. The summed E-state index contributed by atoms with van der Waals surface area (Å²) >= 11 is 0. The van der Waals surface area contributed by atoms with Gasteiger partial charge in [-0.05, 0) is 44.9 Å². The molecule has 1 saturated heterocycles. The summed E-state index contributed by atoms with van der Waals surface area (Å²) in [5, 5.41) is 55.0. The van der Waals surface area contributed by atoms with Crippen LogP contribution in [0.3, 0.4) is 0 Å². The molecule has 474 valence electrons. The molecule has 1 amide bonds. The van der Waals surface area contributed by atoms with Gasteiger partial charge in [-0.1, -0.05) is 340 Å². The highest BCUT2D eigenvalue weighted by molar-refractivity contribution is 5.76. The van der Waals surface area contributed by atoms with Crippen LogP contribution in [0.15, 0.2) is 24.3 Å². The number of rotatable bonds is 63. The fourth-order valence-corrected chi connectivity index (χ4v) is 11.7. The molecular weight excluding hydrogens is 995 g/mol. The maximum absolute atomic E-state index is 13.1. The first kappa shape index (κ1) is 76.7. The normalized spacial score (nSPS) is 18.5. The molecular formula is C71H137NO8. The topological polar surface area (TPSA) is 149 Å². The molecule has 0 radical (unpaired) electrons. The number of ether oxygens (including phenoxy) is 2. The summed E-state index contributed by atoms with van der Waals surface area (Å²) in [5.41, 5.74) is 0. The molecule has 80 heavy (non-hydrogen) atoms.